The van der Waals surface area contributed by atoms with E-state index in [9.17, 15) is 9.59 Å². The van der Waals surface area contributed by atoms with Gasteiger partial charge in [0.25, 0.3) is 0 Å². The largest absolute Gasteiger partial charge is 0.459 e. The molecule has 0 aliphatic heterocycles. The molecule has 0 heterocycles. The number of Topliss-reactive ketones (excluding diaryl/α,β-unsaturated/α-hetero) is 1. The highest BCUT2D eigenvalue weighted by Gasteiger charge is 2.25. The van der Waals surface area contributed by atoms with E-state index in [0.717, 1.165) is 52.9 Å². The number of ketones is 1. The summed E-state index contributed by atoms with van der Waals surface area (Å²) in [7, 11) is 0. The highest BCUT2D eigenvalue weighted by Crippen LogP contribution is 2.26. The van der Waals surface area contributed by atoms with Gasteiger partial charge in [0.15, 0.2) is 5.78 Å². The molecule has 0 saturated carbocycles. The van der Waals surface area contributed by atoms with Crippen LogP contribution in [-0.2, 0) is 20.9 Å². The SMILES string of the molecule is C/C=C(\C=C(\C)C(=O)C(C)C)C(=N/c1cc(CNC(CCC(C)C)C(=O)OC(C)(C)C)ccc1C)/C(C)CC. The van der Waals surface area contributed by atoms with Crippen molar-refractivity contribution in [3.05, 3.63) is 52.6 Å². The summed E-state index contributed by atoms with van der Waals surface area (Å²) in [5.74, 6) is 0.635. The molecule has 2 atom stereocenters. The number of rotatable bonds is 14. The van der Waals surface area contributed by atoms with Gasteiger partial charge >= 0.3 is 5.97 Å². The predicted molar refractivity (Wildman–Crippen MR) is 166 cm³/mol. The van der Waals surface area contributed by atoms with E-state index in [1.807, 2.05) is 60.6 Å². The van der Waals surface area contributed by atoms with Crippen LogP contribution in [0.15, 0.2) is 46.5 Å². The standard InChI is InChI=1S/C34H54N2O3/c1-13-24(7)31(28(14-2)19-26(9)32(37)23(5)6)36-30-20-27(17-16-25(30)8)21-35-29(18-15-22(3)4)33(38)39-34(10,11)12/h14,16-17,19-20,22-24,29,35H,13,15,18,21H2,1-12H3/b26-19-,28-14+,36-31+. The molecule has 5 heteroatoms. The second-order valence-corrected chi connectivity index (χ2v) is 12.5. The smallest absolute Gasteiger partial charge is 0.323 e. The van der Waals surface area contributed by atoms with Gasteiger partial charge in [-0.25, -0.2) is 0 Å². The average molecular weight is 539 g/mol. The molecule has 5 nitrogen and oxygen atoms in total. The maximum atomic E-state index is 12.9. The molecule has 0 saturated heterocycles. The summed E-state index contributed by atoms with van der Waals surface area (Å²) >= 11 is 0. The second kappa shape index (κ2) is 15.9. The summed E-state index contributed by atoms with van der Waals surface area (Å²) in [5.41, 5.74) is 5.23. The number of aryl methyl sites for hydroxylation is 1. The van der Waals surface area contributed by atoms with Gasteiger partial charge in [-0.3, -0.25) is 14.6 Å². The molecule has 0 radical (unpaired) electrons. The summed E-state index contributed by atoms with van der Waals surface area (Å²) < 4.78 is 5.70. The highest BCUT2D eigenvalue weighted by atomic mass is 16.6. The Hall–Kier alpha value is -2.53. The first kappa shape index (κ1) is 34.5. The number of nitrogens with zero attached hydrogens (tertiary/aromatic N) is 1. The zero-order valence-electron chi connectivity index (χ0n) is 26.7. The molecule has 1 aromatic rings. The fraction of sp³-hybridized carbons (Fsp3) is 0.618. The first-order chi connectivity index (χ1) is 18.1. The average Bonchev–Trinajstić information content (AvgIpc) is 2.84. The Morgan fingerprint density at radius 3 is 2.23 bits per heavy atom. The van der Waals surface area contributed by atoms with Gasteiger partial charge in [-0.1, -0.05) is 59.8 Å². The number of ether oxygens (including phenoxy) is 1. The zero-order chi connectivity index (χ0) is 29.9. The Balaban J connectivity index is 3.34. The van der Waals surface area contributed by atoms with Crippen molar-refractivity contribution < 1.29 is 14.3 Å². The normalized spacial score (nSPS) is 15.1. The molecule has 39 heavy (non-hydrogen) atoms. The van der Waals surface area contributed by atoms with Gasteiger partial charge in [0.1, 0.15) is 11.6 Å². The van der Waals surface area contributed by atoms with Crippen molar-refractivity contribution in [2.75, 3.05) is 0 Å². The molecule has 0 bridgehead atoms. The summed E-state index contributed by atoms with van der Waals surface area (Å²) in [6.45, 7) is 24.7. The van der Waals surface area contributed by atoms with Crippen molar-refractivity contribution >= 4 is 23.2 Å². The van der Waals surface area contributed by atoms with E-state index in [-0.39, 0.29) is 29.6 Å². The molecule has 0 aliphatic carbocycles. The molecule has 0 spiro atoms. The lowest BCUT2D eigenvalue weighted by atomic mass is 9.92. The van der Waals surface area contributed by atoms with Gasteiger partial charge < -0.3 is 10.1 Å². The Morgan fingerprint density at radius 1 is 1.08 bits per heavy atom. The fourth-order valence-electron chi connectivity index (χ4n) is 4.15. The topological polar surface area (TPSA) is 67.8 Å². The van der Waals surface area contributed by atoms with Crippen LogP contribution in [0.3, 0.4) is 0 Å². The number of carbonyl (C=O) groups excluding carboxylic acids is 2. The first-order valence-corrected chi connectivity index (χ1v) is 14.6. The molecule has 0 fully saturated rings. The number of esters is 1. The van der Waals surface area contributed by atoms with Crippen LogP contribution in [0.2, 0.25) is 0 Å². The van der Waals surface area contributed by atoms with E-state index in [1.165, 1.54) is 0 Å². The number of aliphatic imine (C=N–C) groups is 1. The first-order valence-electron chi connectivity index (χ1n) is 14.6. The zero-order valence-corrected chi connectivity index (χ0v) is 26.7. The molecule has 0 aliphatic rings. The van der Waals surface area contributed by atoms with Gasteiger partial charge in [-0.2, -0.15) is 0 Å². The number of hydrogen-bond donors (Lipinski definition) is 1. The third-order valence-electron chi connectivity index (χ3n) is 6.76. The maximum Gasteiger partial charge on any atom is 0.323 e. The molecule has 1 aromatic carbocycles. The molecule has 0 amide bonds. The molecular formula is C34H54N2O3. The number of hydrogen-bond acceptors (Lipinski definition) is 5. The van der Waals surface area contributed by atoms with Crippen LogP contribution < -0.4 is 5.32 Å². The molecule has 1 N–H and O–H groups in total. The number of allylic oxidation sites excluding steroid dienone is 4. The van der Waals surface area contributed by atoms with E-state index in [4.69, 9.17) is 9.73 Å². The van der Waals surface area contributed by atoms with E-state index < -0.39 is 5.60 Å². The van der Waals surface area contributed by atoms with Crippen LogP contribution in [0.25, 0.3) is 0 Å². The molecular weight excluding hydrogens is 484 g/mol. The fourth-order valence-corrected chi connectivity index (χ4v) is 4.15. The van der Waals surface area contributed by atoms with Crippen molar-refractivity contribution in [1.82, 2.24) is 5.32 Å². The Bertz CT molecular complexity index is 1050. The van der Waals surface area contributed by atoms with Crippen molar-refractivity contribution in [2.24, 2.45) is 22.7 Å². The van der Waals surface area contributed by atoms with Gasteiger partial charge in [-0.05, 0) is 107 Å². The molecule has 0 aromatic heterocycles. The number of carbonyl (C=O) groups is 2. The summed E-state index contributed by atoms with van der Waals surface area (Å²) in [6.07, 6.45) is 6.64. The van der Waals surface area contributed by atoms with Crippen LogP contribution in [0, 0.1) is 24.7 Å². The van der Waals surface area contributed by atoms with Crippen LogP contribution >= 0.6 is 0 Å². The van der Waals surface area contributed by atoms with Gasteiger partial charge in [0, 0.05) is 12.5 Å². The lowest BCUT2D eigenvalue weighted by molar-refractivity contribution is -0.157. The lowest BCUT2D eigenvalue weighted by Crippen LogP contribution is -2.41. The van der Waals surface area contributed by atoms with Crippen LogP contribution in [-0.4, -0.2) is 29.1 Å². The summed E-state index contributed by atoms with van der Waals surface area (Å²) in [4.78, 5) is 30.6. The van der Waals surface area contributed by atoms with Gasteiger partial charge in [0.2, 0.25) is 0 Å². The lowest BCUT2D eigenvalue weighted by Gasteiger charge is -2.25. The minimum absolute atomic E-state index is 0.0418. The van der Waals surface area contributed by atoms with Crippen molar-refractivity contribution in [2.45, 2.75) is 121 Å². The maximum absolute atomic E-state index is 12.9. The van der Waals surface area contributed by atoms with E-state index in [0.29, 0.717) is 12.5 Å². The Morgan fingerprint density at radius 2 is 1.72 bits per heavy atom. The van der Waals surface area contributed by atoms with Crippen LogP contribution in [0.5, 0.6) is 0 Å². The minimum Gasteiger partial charge on any atom is -0.459 e. The number of nitrogens with one attached hydrogen (secondary N) is 1. The Labute approximate surface area is 238 Å². The summed E-state index contributed by atoms with van der Waals surface area (Å²) in [5, 5.41) is 3.45. The summed E-state index contributed by atoms with van der Waals surface area (Å²) in [6, 6.07) is 5.90. The van der Waals surface area contributed by atoms with Crippen molar-refractivity contribution in [3.63, 3.8) is 0 Å². The quantitative estimate of drug-likeness (QED) is 0.112. The second-order valence-electron chi connectivity index (χ2n) is 12.5. The van der Waals surface area contributed by atoms with E-state index in [1.54, 1.807) is 0 Å². The molecule has 2 unspecified atom stereocenters. The van der Waals surface area contributed by atoms with Crippen molar-refractivity contribution in [3.8, 4) is 0 Å². The third kappa shape index (κ3) is 12.0. The third-order valence-corrected chi connectivity index (χ3v) is 6.76. The molecule has 218 valence electrons. The van der Waals surface area contributed by atoms with E-state index >= 15 is 0 Å². The van der Waals surface area contributed by atoms with Crippen LogP contribution in [0.4, 0.5) is 5.69 Å². The van der Waals surface area contributed by atoms with Crippen molar-refractivity contribution in [1.29, 1.82) is 0 Å². The Kier molecular flexibility index (Phi) is 14.1. The predicted octanol–water partition coefficient (Wildman–Crippen LogP) is 8.47. The van der Waals surface area contributed by atoms with Crippen LogP contribution in [0.1, 0.15) is 107 Å². The van der Waals surface area contributed by atoms with E-state index in [2.05, 4.69) is 58.1 Å². The number of benzene rings is 1. The monoisotopic (exact) mass is 538 g/mol. The van der Waals surface area contributed by atoms with Gasteiger partial charge in [-0.15, -0.1) is 0 Å². The minimum atomic E-state index is -0.524. The molecule has 1 rings (SSSR count). The van der Waals surface area contributed by atoms with Gasteiger partial charge in [0.05, 0.1) is 11.4 Å². The highest BCUT2D eigenvalue weighted by molar-refractivity contribution is 6.07.